The van der Waals surface area contributed by atoms with Crippen LogP contribution >= 0.6 is 0 Å². The van der Waals surface area contributed by atoms with Gasteiger partial charge in [0.25, 0.3) is 5.91 Å². The highest BCUT2D eigenvalue weighted by atomic mass is 16.2. The highest BCUT2D eigenvalue weighted by molar-refractivity contribution is 6.02. The lowest BCUT2D eigenvalue weighted by Gasteiger charge is -2.18. The Morgan fingerprint density at radius 3 is 2.76 bits per heavy atom. The van der Waals surface area contributed by atoms with E-state index in [9.17, 15) is 4.79 Å². The van der Waals surface area contributed by atoms with Gasteiger partial charge in [-0.05, 0) is 26.8 Å². The molecule has 7 nitrogen and oxygen atoms in total. The van der Waals surface area contributed by atoms with Crippen LogP contribution < -0.4 is 5.32 Å². The lowest BCUT2D eigenvalue weighted by molar-refractivity contribution is 0.102. The Balaban J connectivity index is 1.81. The van der Waals surface area contributed by atoms with E-state index in [-0.39, 0.29) is 11.4 Å². The zero-order valence-corrected chi connectivity index (χ0v) is 12.1. The van der Waals surface area contributed by atoms with Gasteiger partial charge < -0.3 is 5.32 Å². The van der Waals surface area contributed by atoms with Crippen molar-refractivity contribution in [3.8, 4) is 0 Å². The molecule has 3 aromatic rings. The summed E-state index contributed by atoms with van der Waals surface area (Å²) in [5.41, 5.74) is 0.176. The minimum Gasteiger partial charge on any atom is -0.304 e. The molecule has 0 aliphatic heterocycles. The summed E-state index contributed by atoms with van der Waals surface area (Å²) in [6.07, 6.45) is 6.90. The van der Waals surface area contributed by atoms with Gasteiger partial charge in [0, 0.05) is 30.9 Å². The molecule has 3 heterocycles. The van der Waals surface area contributed by atoms with Crippen molar-refractivity contribution in [1.29, 1.82) is 0 Å². The highest BCUT2D eigenvalue weighted by Gasteiger charge is 2.16. The van der Waals surface area contributed by atoms with Crippen LogP contribution in [0.2, 0.25) is 0 Å². The van der Waals surface area contributed by atoms with Crippen molar-refractivity contribution < 1.29 is 4.79 Å². The standard InChI is InChI=1S/C14H16N6O/c1-14(2,3)20-8-5-11(18-20)17-12(21)10-9-19-7-4-6-15-13(19)16-10/h4-9H,1-3H3,(H,17,18,21). The third-order valence-corrected chi connectivity index (χ3v) is 2.99. The minimum absolute atomic E-state index is 0.129. The van der Waals surface area contributed by atoms with Gasteiger partial charge in [0.15, 0.2) is 5.82 Å². The van der Waals surface area contributed by atoms with Crippen LogP contribution in [-0.2, 0) is 5.54 Å². The van der Waals surface area contributed by atoms with Crippen molar-refractivity contribution in [2.24, 2.45) is 0 Å². The van der Waals surface area contributed by atoms with E-state index in [0.29, 0.717) is 17.3 Å². The maximum Gasteiger partial charge on any atom is 0.277 e. The molecular formula is C14H16N6O. The number of hydrogen-bond donors (Lipinski definition) is 1. The van der Waals surface area contributed by atoms with Crippen LogP contribution in [0.15, 0.2) is 36.9 Å². The Labute approximate surface area is 121 Å². The van der Waals surface area contributed by atoms with Crippen LogP contribution in [0.25, 0.3) is 5.78 Å². The third-order valence-electron chi connectivity index (χ3n) is 2.99. The molecule has 0 spiro atoms. The van der Waals surface area contributed by atoms with Crippen molar-refractivity contribution in [3.05, 3.63) is 42.6 Å². The van der Waals surface area contributed by atoms with Gasteiger partial charge >= 0.3 is 0 Å². The topological polar surface area (TPSA) is 77.1 Å². The molecule has 7 heteroatoms. The molecule has 0 aliphatic carbocycles. The first kappa shape index (κ1) is 13.3. The Hall–Kier alpha value is -2.70. The number of fused-ring (bicyclic) bond motifs is 1. The summed E-state index contributed by atoms with van der Waals surface area (Å²) in [6, 6.07) is 3.54. The molecule has 3 rings (SSSR count). The molecule has 0 saturated carbocycles. The summed E-state index contributed by atoms with van der Waals surface area (Å²) in [4.78, 5) is 20.4. The molecule has 3 aromatic heterocycles. The number of nitrogens with zero attached hydrogens (tertiary/aromatic N) is 5. The van der Waals surface area contributed by atoms with E-state index in [2.05, 4.69) is 20.4 Å². The van der Waals surface area contributed by atoms with E-state index < -0.39 is 0 Å². The van der Waals surface area contributed by atoms with Crippen LogP contribution in [0.3, 0.4) is 0 Å². The lowest BCUT2D eigenvalue weighted by Crippen LogP contribution is -2.22. The van der Waals surface area contributed by atoms with Gasteiger partial charge in [-0.1, -0.05) is 0 Å². The average Bonchev–Trinajstić information content (AvgIpc) is 3.03. The number of carbonyl (C=O) groups is 1. The van der Waals surface area contributed by atoms with Crippen LogP contribution in [0, 0.1) is 0 Å². The van der Waals surface area contributed by atoms with E-state index in [1.165, 1.54) is 0 Å². The number of rotatable bonds is 2. The summed E-state index contributed by atoms with van der Waals surface area (Å²) in [6.45, 7) is 6.12. The van der Waals surface area contributed by atoms with Crippen molar-refractivity contribution in [3.63, 3.8) is 0 Å². The first-order valence-electron chi connectivity index (χ1n) is 6.61. The summed E-state index contributed by atoms with van der Waals surface area (Å²) >= 11 is 0. The van der Waals surface area contributed by atoms with Gasteiger partial charge in [-0.25, -0.2) is 9.97 Å². The molecule has 1 N–H and O–H groups in total. The van der Waals surface area contributed by atoms with Gasteiger partial charge in [0.2, 0.25) is 5.78 Å². The smallest absolute Gasteiger partial charge is 0.277 e. The largest absolute Gasteiger partial charge is 0.304 e. The Kier molecular flexibility index (Phi) is 2.97. The third kappa shape index (κ3) is 2.62. The number of imidazole rings is 1. The first-order chi connectivity index (χ1) is 9.93. The van der Waals surface area contributed by atoms with E-state index in [1.54, 1.807) is 39.8 Å². The maximum absolute atomic E-state index is 12.2. The predicted octanol–water partition coefficient (Wildman–Crippen LogP) is 1.93. The van der Waals surface area contributed by atoms with Crippen LogP contribution in [0.5, 0.6) is 0 Å². The summed E-state index contributed by atoms with van der Waals surface area (Å²) in [7, 11) is 0. The predicted molar refractivity (Wildman–Crippen MR) is 78.2 cm³/mol. The van der Waals surface area contributed by atoms with Gasteiger partial charge in [-0.15, -0.1) is 0 Å². The number of hydrogen-bond acceptors (Lipinski definition) is 4. The molecule has 0 fully saturated rings. The normalized spacial score (nSPS) is 11.8. The maximum atomic E-state index is 12.2. The van der Waals surface area contributed by atoms with Gasteiger partial charge in [-0.2, -0.15) is 5.10 Å². The molecule has 1 amide bonds. The van der Waals surface area contributed by atoms with Gasteiger partial charge in [0.05, 0.1) is 5.54 Å². The lowest BCUT2D eigenvalue weighted by atomic mass is 10.1. The molecule has 0 bridgehead atoms. The van der Waals surface area contributed by atoms with Crippen molar-refractivity contribution in [1.82, 2.24) is 24.1 Å². The van der Waals surface area contributed by atoms with E-state index in [4.69, 9.17) is 0 Å². The van der Waals surface area contributed by atoms with Crippen LogP contribution in [-0.4, -0.2) is 30.1 Å². The molecule has 0 saturated heterocycles. The molecule has 0 unspecified atom stereocenters. The SMILES string of the molecule is CC(C)(C)n1ccc(NC(=O)c2cn3cccnc3n2)n1. The fourth-order valence-corrected chi connectivity index (χ4v) is 1.88. The summed E-state index contributed by atoms with van der Waals surface area (Å²) < 4.78 is 3.50. The zero-order chi connectivity index (χ0) is 15.0. The number of amides is 1. The van der Waals surface area contributed by atoms with Crippen molar-refractivity contribution in [2.75, 3.05) is 5.32 Å². The number of anilines is 1. The van der Waals surface area contributed by atoms with Crippen LogP contribution in [0.4, 0.5) is 5.82 Å². The second-order valence-corrected chi connectivity index (χ2v) is 5.72. The van der Waals surface area contributed by atoms with Crippen molar-refractivity contribution in [2.45, 2.75) is 26.3 Å². The van der Waals surface area contributed by atoms with Crippen molar-refractivity contribution >= 4 is 17.5 Å². The highest BCUT2D eigenvalue weighted by Crippen LogP contribution is 2.15. The molecule has 21 heavy (non-hydrogen) atoms. The van der Waals surface area contributed by atoms with E-state index >= 15 is 0 Å². The molecule has 0 radical (unpaired) electrons. The Morgan fingerprint density at radius 1 is 1.29 bits per heavy atom. The second-order valence-electron chi connectivity index (χ2n) is 5.72. The average molecular weight is 284 g/mol. The number of carbonyl (C=O) groups excluding carboxylic acids is 1. The molecule has 0 aromatic carbocycles. The zero-order valence-electron chi connectivity index (χ0n) is 12.1. The molecule has 0 atom stereocenters. The number of aromatic nitrogens is 5. The van der Waals surface area contributed by atoms with Crippen LogP contribution in [0.1, 0.15) is 31.3 Å². The first-order valence-corrected chi connectivity index (χ1v) is 6.61. The van der Waals surface area contributed by atoms with E-state index in [0.717, 1.165) is 0 Å². The quantitative estimate of drug-likeness (QED) is 0.780. The summed E-state index contributed by atoms with van der Waals surface area (Å²) in [5.74, 6) is 0.683. The van der Waals surface area contributed by atoms with Gasteiger partial charge in [0.1, 0.15) is 5.69 Å². The molecular weight excluding hydrogens is 268 g/mol. The fourth-order valence-electron chi connectivity index (χ4n) is 1.88. The Morgan fingerprint density at radius 2 is 2.10 bits per heavy atom. The van der Waals surface area contributed by atoms with Gasteiger partial charge in [-0.3, -0.25) is 13.9 Å². The monoisotopic (exact) mass is 284 g/mol. The minimum atomic E-state index is -0.306. The number of nitrogens with one attached hydrogen (secondary N) is 1. The second kappa shape index (κ2) is 4.69. The van der Waals surface area contributed by atoms with E-state index in [1.807, 2.05) is 27.0 Å². The summed E-state index contributed by atoms with van der Waals surface area (Å²) in [5, 5.41) is 7.07. The molecule has 0 aliphatic rings. The molecule has 108 valence electrons. The Bertz CT molecular complexity index is 762. The fraction of sp³-hybridized carbons (Fsp3) is 0.286.